The van der Waals surface area contributed by atoms with Crippen LogP contribution in [0.4, 0.5) is 30.4 Å². The van der Waals surface area contributed by atoms with E-state index in [0.717, 1.165) is 12.1 Å². The van der Waals surface area contributed by atoms with Gasteiger partial charge in [-0.05, 0) is 43.3 Å². The van der Waals surface area contributed by atoms with E-state index in [0.29, 0.717) is 17.3 Å². The molecule has 6 nitrogen and oxygen atoms in total. The number of carbonyl (C=O) groups excluding carboxylic acids is 1. The van der Waals surface area contributed by atoms with Crippen molar-refractivity contribution in [3.05, 3.63) is 65.7 Å². The normalized spacial score (nSPS) is 11.2. The molecule has 0 saturated carbocycles. The van der Waals surface area contributed by atoms with Crippen LogP contribution in [-0.4, -0.2) is 16.0 Å². The third-order valence-corrected chi connectivity index (χ3v) is 3.37. The molecule has 0 aliphatic rings. The Hall–Kier alpha value is -3.36. The van der Waals surface area contributed by atoms with Gasteiger partial charge in [-0.2, -0.15) is 13.2 Å². The third kappa shape index (κ3) is 4.18. The first-order chi connectivity index (χ1) is 12.3. The molecule has 0 unspecified atom stereocenters. The fourth-order valence-electron chi connectivity index (χ4n) is 2.11. The molecule has 0 atom stereocenters. The van der Waals surface area contributed by atoms with Gasteiger partial charge in [0.25, 0.3) is 5.91 Å². The van der Waals surface area contributed by atoms with E-state index in [1.807, 2.05) is 0 Å². The van der Waals surface area contributed by atoms with Gasteiger partial charge in [-0.25, -0.2) is 4.98 Å². The Morgan fingerprint density at radius 1 is 1.08 bits per heavy atom. The first-order valence-electron chi connectivity index (χ1n) is 7.46. The number of pyridine rings is 1. The Balaban J connectivity index is 1.64. The van der Waals surface area contributed by atoms with Gasteiger partial charge >= 0.3 is 6.18 Å². The van der Waals surface area contributed by atoms with E-state index in [1.54, 1.807) is 19.1 Å². The van der Waals surface area contributed by atoms with Crippen molar-refractivity contribution in [2.75, 3.05) is 10.6 Å². The molecule has 0 spiro atoms. The quantitative estimate of drug-likeness (QED) is 0.719. The number of aromatic nitrogens is 2. The highest BCUT2D eigenvalue weighted by Gasteiger charge is 2.30. The second kappa shape index (κ2) is 6.87. The fourth-order valence-corrected chi connectivity index (χ4v) is 2.11. The van der Waals surface area contributed by atoms with Gasteiger partial charge in [-0.3, -0.25) is 4.79 Å². The number of amides is 1. The van der Waals surface area contributed by atoms with Gasteiger partial charge in [0.2, 0.25) is 0 Å². The number of hydrogen-bond donors (Lipinski definition) is 2. The van der Waals surface area contributed by atoms with Crippen LogP contribution in [0.3, 0.4) is 0 Å². The average Bonchev–Trinajstić information content (AvgIpc) is 3.00. The highest BCUT2D eigenvalue weighted by atomic mass is 19.4. The molecule has 0 aliphatic carbocycles. The lowest BCUT2D eigenvalue weighted by Gasteiger charge is -2.09. The standard InChI is InChI=1S/C17H13F3N4O2/c1-10-8-15(24-26-10)22-13-6-7-14(21-9-13)16(25)23-12-4-2-11(3-5-12)17(18,19)20/h2-9H,1H3,(H,22,24)(H,23,25). The molecule has 2 aromatic heterocycles. The number of hydrogen-bond acceptors (Lipinski definition) is 5. The van der Waals surface area contributed by atoms with Crippen molar-refractivity contribution in [2.24, 2.45) is 0 Å². The van der Waals surface area contributed by atoms with Crippen molar-refractivity contribution in [2.45, 2.75) is 13.1 Å². The van der Waals surface area contributed by atoms with E-state index in [4.69, 9.17) is 4.52 Å². The van der Waals surface area contributed by atoms with E-state index in [-0.39, 0.29) is 11.4 Å². The summed E-state index contributed by atoms with van der Waals surface area (Å²) >= 11 is 0. The predicted molar refractivity (Wildman–Crippen MR) is 88.2 cm³/mol. The lowest BCUT2D eigenvalue weighted by molar-refractivity contribution is -0.137. The summed E-state index contributed by atoms with van der Waals surface area (Å²) in [5.41, 5.74) is 0.174. The summed E-state index contributed by atoms with van der Waals surface area (Å²) in [6, 6.07) is 8.97. The van der Waals surface area contributed by atoms with Gasteiger partial charge in [0.1, 0.15) is 11.5 Å². The summed E-state index contributed by atoms with van der Waals surface area (Å²) in [7, 11) is 0. The number of benzene rings is 1. The minimum atomic E-state index is -4.42. The zero-order valence-electron chi connectivity index (χ0n) is 13.5. The maximum atomic E-state index is 12.5. The molecule has 1 amide bonds. The van der Waals surface area contributed by atoms with Gasteiger partial charge < -0.3 is 15.2 Å². The van der Waals surface area contributed by atoms with Crippen LogP contribution in [0, 0.1) is 6.92 Å². The van der Waals surface area contributed by atoms with Crippen LogP contribution < -0.4 is 10.6 Å². The Morgan fingerprint density at radius 2 is 1.77 bits per heavy atom. The van der Waals surface area contributed by atoms with Crippen LogP contribution in [0.1, 0.15) is 21.8 Å². The lowest BCUT2D eigenvalue weighted by atomic mass is 10.2. The monoisotopic (exact) mass is 362 g/mol. The Morgan fingerprint density at radius 3 is 2.31 bits per heavy atom. The minimum Gasteiger partial charge on any atom is -0.360 e. The molecular weight excluding hydrogens is 349 g/mol. The molecule has 1 aromatic carbocycles. The van der Waals surface area contributed by atoms with E-state index in [1.165, 1.54) is 24.4 Å². The van der Waals surface area contributed by atoms with Crippen molar-refractivity contribution in [1.82, 2.24) is 10.1 Å². The van der Waals surface area contributed by atoms with Crippen LogP contribution in [0.25, 0.3) is 0 Å². The summed E-state index contributed by atoms with van der Waals surface area (Å²) in [6.07, 6.45) is -2.99. The number of anilines is 3. The number of nitrogens with one attached hydrogen (secondary N) is 2. The summed E-state index contributed by atoms with van der Waals surface area (Å²) in [4.78, 5) is 16.1. The summed E-state index contributed by atoms with van der Waals surface area (Å²) in [6.45, 7) is 1.76. The van der Waals surface area contributed by atoms with Gasteiger partial charge in [-0.15, -0.1) is 0 Å². The molecule has 134 valence electrons. The second-order valence-electron chi connectivity index (χ2n) is 5.41. The van der Waals surface area contributed by atoms with Gasteiger partial charge in [0.15, 0.2) is 5.82 Å². The summed E-state index contributed by atoms with van der Waals surface area (Å²) in [5.74, 6) is 0.618. The van der Waals surface area contributed by atoms with Crippen molar-refractivity contribution in [3.8, 4) is 0 Å². The van der Waals surface area contributed by atoms with Gasteiger partial charge in [0, 0.05) is 11.8 Å². The van der Waals surface area contributed by atoms with Crippen molar-refractivity contribution < 1.29 is 22.5 Å². The largest absolute Gasteiger partial charge is 0.416 e. The number of nitrogens with zero attached hydrogens (tertiary/aromatic N) is 2. The van der Waals surface area contributed by atoms with E-state index >= 15 is 0 Å². The number of halogens is 3. The molecule has 9 heteroatoms. The molecule has 3 aromatic rings. The zero-order chi connectivity index (χ0) is 18.7. The molecule has 26 heavy (non-hydrogen) atoms. The smallest absolute Gasteiger partial charge is 0.360 e. The molecule has 0 saturated heterocycles. The Bertz CT molecular complexity index is 903. The SMILES string of the molecule is Cc1cc(Nc2ccc(C(=O)Nc3ccc(C(F)(F)F)cc3)nc2)no1. The predicted octanol–water partition coefficient (Wildman–Crippen LogP) is 4.39. The Labute approximate surface area is 146 Å². The number of carbonyl (C=O) groups is 1. The molecule has 0 bridgehead atoms. The molecule has 2 N–H and O–H groups in total. The highest BCUT2D eigenvalue weighted by molar-refractivity contribution is 6.02. The van der Waals surface area contributed by atoms with Gasteiger partial charge in [-0.1, -0.05) is 5.16 Å². The van der Waals surface area contributed by atoms with Crippen molar-refractivity contribution >= 4 is 23.1 Å². The lowest BCUT2D eigenvalue weighted by Crippen LogP contribution is -2.14. The highest BCUT2D eigenvalue weighted by Crippen LogP contribution is 2.29. The van der Waals surface area contributed by atoms with Crippen LogP contribution in [-0.2, 0) is 6.18 Å². The van der Waals surface area contributed by atoms with E-state index < -0.39 is 17.6 Å². The first kappa shape index (κ1) is 17.5. The van der Waals surface area contributed by atoms with Crippen molar-refractivity contribution in [3.63, 3.8) is 0 Å². The van der Waals surface area contributed by atoms with Crippen LogP contribution in [0.5, 0.6) is 0 Å². The number of aryl methyl sites for hydroxylation is 1. The topological polar surface area (TPSA) is 80.0 Å². The third-order valence-electron chi connectivity index (χ3n) is 3.37. The van der Waals surface area contributed by atoms with Gasteiger partial charge in [0.05, 0.1) is 17.4 Å². The van der Waals surface area contributed by atoms with Crippen LogP contribution in [0.2, 0.25) is 0 Å². The van der Waals surface area contributed by atoms with E-state index in [2.05, 4.69) is 20.8 Å². The van der Waals surface area contributed by atoms with E-state index in [9.17, 15) is 18.0 Å². The zero-order valence-corrected chi connectivity index (χ0v) is 13.5. The summed E-state index contributed by atoms with van der Waals surface area (Å²) in [5, 5.41) is 9.22. The summed E-state index contributed by atoms with van der Waals surface area (Å²) < 4.78 is 42.5. The van der Waals surface area contributed by atoms with Crippen LogP contribution >= 0.6 is 0 Å². The maximum Gasteiger partial charge on any atom is 0.416 e. The Kier molecular flexibility index (Phi) is 4.61. The number of alkyl halides is 3. The molecule has 0 radical (unpaired) electrons. The number of rotatable bonds is 4. The molecule has 0 fully saturated rings. The molecular formula is C17H13F3N4O2. The maximum absolute atomic E-state index is 12.5. The van der Waals surface area contributed by atoms with Crippen molar-refractivity contribution in [1.29, 1.82) is 0 Å². The molecule has 2 heterocycles. The second-order valence-corrected chi connectivity index (χ2v) is 5.41. The minimum absolute atomic E-state index is 0.117. The van der Waals surface area contributed by atoms with Crippen LogP contribution in [0.15, 0.2) is 53.2 Å². The first-order valence-corrected chi connectivity index (χ1v) is 7.46. The molecule has 3 rings (SSSR count). The molecule has 0 aliphatic heterocycles. The average molecular weight is 362 g/mol. The fraction of sp³-hybridized carbons (Fsp3) is 0.118.